The van der Waals surface area contributed by atoms with Gasteiger partial charge in [-0.1, -0.05) is 72.4 Å². The van der Waals surface area contributed by atoms with E-state index >= 15 is 0 Å². The SMILES string of the molecule is O=C(NC1CCCC1)c1cccc(C(c2cc(-c3ccc(C(F)(F)F)cc3)ccc2O)N2CCN(c3cccc(Cl)c3Cl)CC2)c1. The first-order valence-electron chi connectivity index (χ1n) is 15.4. The van der Waals surface area contributed by atoms with E-state index < -0.39 is 17.8 Å². The number of hydrogen-bond donors (Lipinski definition) is 2. The minimum absolute atomic E-state index is 0.0572. The number of hydrogen-bond acceptors (Lipinski definition) is 4. The van der Waals surface area contributed by atoms with Crippen molar-refractivity contribution < 1.29 is 23.1 Å². The molecule has 1 atom stereocenters. The molecule has 1 unspecified atom stereocenters. The number of aromatic hydroxyl groups is 1. The fourth-order valence-electron chi connectivity index (χ4n) is 6.54. The molecular formula is C36H34Cl2F3N3O2. The summed E-state index contributed by atoms with van der Waals surface area (Å²) in [5.41, 5.74) is 3.36. The molecule has 240 valence electrons. The van der Waals surface area contributed by atoms with Gasteiger partial charge in [-0.2, -0.15) is 13.2 Å². The molecule has 1 amide bonds. The second-order valence-corrected chi connectivity index (χ2v) is 12.7. The third kappa shape index (κ3) is 6.99. The van der Waals surface area contributed by atoms with Gasteiger partial charge in [-0.25, -0.2) is 0 Å². The van der Waals surface area contributed by atoms with Crippen molar-refractivity contribution in [1.29, 1.82) is 0 Å². The summed E-state index contributed by atoms with van der Waals surface area (Å²) in [5, 5.41) is 15.4. The van der Waals surface area contributed by atoms with Crippen LogP contribution in [0.3, 0.4) is 0 Å². The van der Waals surface area contributed by atoms with Crippen LogP contribution in [-0.4, -0.2) is 48.1 Å². The van der Waals surface area contributed by atoms with Crippen LogP contribution >= 0.6 is 23.2 Å². The van der Waals surface area contributed by atoms with Crippen molar-refractivity contribution in [1.82, 2.24) is 10.2 Å². The third-order valence-corrected chi connectivity index (χ3v) is 9.78. The summed E-state index contributed by atoms with van der Waals surface area (Å²) in [6, 6.07) is 22.9. The molecule has 0 aromatic heterocycles. The summed E-state index contributed by atoms with van der Waals surface area (Å²) in [4.78, 5) is 17.7. The van der Waals surface area contributed by atoms with E-state index in [0.29, 0.717) is 58.5 Å². The molecule has 2 fully saturated rings. The Morgan fingerprint density at radius 2 is 1.52 bits per heavy atom. The summed E-state index contributed by atoms with van der Waals surface area (Å²) in [6.07, 6.45) is -0.280. The predicted octanol–water partition coefficient (Wildman–Crippen LogP) is 8.97. The summed E-state index contributed by atoms with van der Waals surface area (Å²) in [6.45, 7) is 2.49. The van der Waals surface area contributed by atoms with E-state index in [4.69, 9.17) is 23.2 Å². The number of carbonyl (C=O) groups is 1. The van der Waals surface area contributed by atoms with Gasteiger partial charge in [0.2, 0.25) is 0 Å². The number of carbonyl (C=O) groups excluding carboxylic acids is 1. The van der Waals surface area contributed by atoms with Crippen LogP contribution in [0.1, 0.15) is 58.8 Å². The number of rotatable bonds is 7. The smallest absolute Gasteiger partial charge is 0.416 e. The Morgan fingerprint density at radius 3 is 2.22 bits per heavy atom. The number of anilines is 1. The summed E-state index contributed by atoms with van der Waals surface area (Å²) in [7, 11) is 0. The minimum Gasteiger partial charge on any atom is -0.508 e. The summed E-state index contributed by atoms with van der Waals surface area (Å²) in [5.74, 6) is -0.0718. The second kappa shape index (κ2) is 13.6. The van der Waals surface area contributed by atoms with Crippen LogP contribution < -0.4 is 10.2 Å². The molecule has 0 radical (unpaired) electrons. The normalized spacial score (nSPS) is 16.8. The van der Waals surface area contributed by atoms with Gasteiger partial charge in [0.25, 0.3) is 5.91 Å². The van der Waals surface area contributed by atoms with E-state index in [0.717, 1.165) is 49.1 Å². The molecule has 1 aliphatic heterocycles. The molecule has 5 nitrogen and oxygen atoms in total. The van der Waals surface area contributed by atoms with Crippen molar-refractivity contribution in [2.75, 3.05) is 31.1 Å². The van der Waals surface area contributed by atoms with Crippen molar-refractivity contribution in [2.45, 2.75) is 43.9 Å². The maximum atomic E-state index is 13.3. The molecule has 1 saturated heterocycles. The number of nitrogens with one attached hydrogen (secondary N) is 1. The number of phenolic OH excluding ortho intramolecular Hbond substituents is 1. The molecule has 46 heavy (non-hydrogen) atoms. The zero-order chi connectivity index (χ0) is 32.4. The topological polar surface area (TPSA) is 55.8 Å². The van der Waals surface area contributed by atoms with Crippen LogP contribution in [0.4, 0.5) is 18.9 Å². The number of benzene rings is 4. The summed E-state index contributed by atoms with van der Waals surface area (Å²) < 4.78 is 39.7. The summed E-state index contributed by atoms with van der Waals surface area (Å²) >= 11 is 12.8. The number of alkyl halides is 3. The molecule has 6 rings (SSSR count). The van der Waals surface area contributed by atoms with E-state index in [1.807, 2.05) is 36.4 Å². The molecule has 1 aliphatic carbocycles. The molecule has 4 aromatic rings. The molecule has 2 aliphatic rings. The van der Waals surface area contributed by atoms with Gasteiger partial charge in [0.1, 0.15) is 5.75 Å². The number of piperazine rings is 1. The zero-order valence-electron chi connectivity index (χ0n) is 25.0. The van der Waals surface area contributed by atoms with Gasteiger partial charge in [0, 0.05) is 43.3 Å². The van der Waals surface area contributed by atoms with E-state index in [9.17, 15) is 23.1 Å². The van der Waals surface area contributed by atoms with Crippen molar-refractivity contribution in [2.24, 2.45) is 0 Å². The van der Waals surface area contributed by atoms with Gasteiger partial charge >= 0.3 is 6.18 Å². The van der Waals surface area contributed by atoms with Crippen molar-refractivity contribution in [3.63, 3.8) is 0 Å². The standard InChI is InChI=1S/C36H34Cl2F3N3O2/c37-30-9-4-10-31(33(30)38)43-17-19-44(20-18-43)34(25-5-3-6-26(21-25)35(46)42-28-7-1-2-8-28)29-22-24(13-16-32(29)45)23-11-14-27(15-12-23)36(39,40)41/h3-6,9-16,21-22,28,34,45H,1-2,7-8,17-20H2,(H,42,46). The van der Waals surface area contributed by atoms with Gasteiger partial charge < -0.3 is 15.3 Å². The predicted molar refractivity (Wildman–Crippen MR) is 177 cm³/mol. The molecule has 10 heteroatoms. The van der Waals surface area contributed by atoms with E-state index in [1.54, 1.807) is 24.3 Å². The largest absolute Gasteiger partial charge is 0.508 e. The van der Waals surface area contributed by atoms with Gasteiger partial charge in [0.05, 0.1) is 27.3 Å². The molecule has 1 heterocycles. The highest BCUT2D eigenvalue weighted by Crippen LogP contribution is 2.40. The Morgan fingerprint density at radius 1 is 0.848 bits per heavy atom. The lowest BCUT2D eigenvalue weighted by atomic mass is 9.91. The highest BCUT2D eigenvalue weighted by atomic mass is 35.5. The first-order valence-corrected chi connectivity index (χ1v) is 16.2. The number of nitrogens with zero attached hydrogens (tertiary/aromatic N) is 2. The Labute approximate surface area is 276 Å². The average molecular weight is 669 g/mol. The number of halogens is 5. The molecule has 1 saturated carbocycles. The Bertz CT molecular complexity index is 1700. The Balaban J connectivity index is 1.35. The van der Waals surface area contributed by atoms with Crippen LogP contribution in [0, 0.1) is 0 Å². The van der Waals surface area contributed by atoms with Crippen LogP contribution in [0.25, 0.3) is 11.1 Å². The second-order valence-electron chi connectivity index (χ2n) is 11.9. The van der Waals surface area contributed by atoms with E-state index in [2.05, 4.69) is 15.1 Å². The van der Waals surface area contributed by atoms with Crippen LogP contribution in [0.5, 0.6) is 5.75 Å². The molecule has 0 spiro atoms. The number of amides is 1. The lowest BCUT2D eigenvalue weighted by molar-refractivity contribution is -0.137. The van der Waals surface area contributed by atoms with Crippen LogP contribution in [-0.2, 0) is 6.18 Å². The van der Waals surface area contributed by atoms with Crippen LogP contribution in [0.15, 0.2) is 84.9 Å². The third-order valence-electron chi connectivity index (χ3n) is 8.97. The minimum atomic E-state index is -4.43. The van der Waals surface area contributed by atoms with Gasteiger partial charge in [-0.15, -0.1) is 0 Å². The first kappa shape index (κ1) is 32.2. The highest BCUT2D eigenvalue weighted by molar-refractivity contribution is 6.43. The molecule has 4 aromatic carbocycles. The monoisotopic (exact) mass is 667 g/mol. The molecular weight excluding hydrogens is 634 g/mol. The van der Waals surface area contributed by atoms with Crippen molar-refractivity contribution in [3.8, 4) is 16.9 Å². The molecule has 2 N–H and O–H groups in total. The quantitative estimate of drug-likeness (QED) is 0.207. The first-order chi connectivity index (χ1) is 22.1. The fraction of sp³-hybridized carbons (Fsp3) is 0.306. The fourth-order valence-corrected chi connectivity index (χ4v) is 6.95. The van der Waals surface area contributed by atoms with E-state index in [-0.39, 0.29) is 17.7 Å². The van der Waals surface area contributed by atoms with Gasteiger partial charge in [-0.05, 0) is 78.1 Å². The van der Waals surface area contributed by atoms with Gasteiger partial charge in [0.15, 0.2) is 0 Å². The highest BCUT2D eigenvalue weighted by Gasteiger charge is 2.32. The lowest BCUT2D eigenvalue weighted by Crippen LogP contribution is -2.48. The lowest BCUT2D eigenvalue weighted by Gasteiger charge is -2.41. The maximum Gasteiger partial charge on any atom is 0.416 e. The van der Waals surface area contributed by atoms with E-state index in [1.165, 1.54) is 12.1 Å². The molecule has 0 bridgehead atoms. The van der Waals surface area contributed by atoms with Gasteiger partial charge in [-0.3, -0.25) is 9.69 Å². The van der Waals surface area contributed by atoms with Crippen LogP contribution in [0.2, 0.25) is 10.0 Å². The average Bonchev–Trinajstić information content (AvgIpc) is 3.57. The Kier molecular flexibility index (Phi) is 9.50. The van der Waals surface area contributed by atoms with Crippen molar-refractivity contribution >= 4 is 34.8 Å². The zero-order valence-corrected chi connectivity index (χ0v) is 26.5. The Hall–Kier alpha value is -3.72. The number of phenols is 1. The van der Waals surface area contributed by atoms with Crippen molar-refractivity contribution in [3.05, 3.63) is 117 Å². The maximum absolute atomic E-state index is 13.3.